The number of hydrogen-bond donors (Lipinski definition) is 0. The maximum Gasteiger partial charge on any atom is 0.152 e. The van der Waals surface area contributed by atoms with Crippen molar-refractivity contribution in [1.82, 2.24) is 4.90 Å². The Morgan fingerprint density at radius 2 is 1.92 bits per heavy atom. The molecule has 2 heteroatoms. The Hall–Kier alpha value is -0.370. The van der Waals surface area contributed by atoms with Crippen LogP contribution in [0.2, 0.25) is 0 Å². The first-order chi connectivity index (χ1) is 5.41. The van der Waals surface area contributed by atoms with Crippen LogP contribution in [0.1, 0.15) is 33.6 Å². The van der Waals surface area contributed by atoms with Crippen LogP contribution < -0.4 is 0 Å². The van der Waals surface area contributed by atoms with Crippen LogP contribution in [-0.4, -0.2) is 30.3 Å². The Kier molecular flexibility index (Phi) is 2.57. The number of hydrogen-bond acceptors (Lipinski definition) is 2. The fraction of sp³-hybridized carbons (Fsp3) is 0.900. The van der Waals surface area contributed by atoms with E-state index in [1.807, 2.05) is 27.8 Å². The molecule has 1 saturated carbocycles. The summed E-state index contributed by atoms with van der Waals surface area (Å²) < 4.78 is 0. The Morgan fingerprint density at radius 1 is 1.42 bits per heavy atom. The van der Waals surface area contributed by atoms with E-state index in [0.717, 1.165) is 0 Å². The molecule has 12 heavy (non-hydrogen) atoms. The molecule has 1 aliphatic carbocycles. The van der Waals surface area contributed by atoms with Gasteiger partial charge >= 0.3 is 0 Å². The van der Waals surface area contributed by atoms with Crippen LogP contribution in [0.25, 0.3) is 0 Å². The summed E-state index contributed by atoms with van der Waals surface area (Å²) in [6, 6.07) is 0.691. The van der Waals surface area contributed by atoms with E-state index in [2.05, 4.69) is 4.90 Å². The molecule has 0 atom stereocenters. The van der Waals surface area contributed by atoms with Gasteiger partial charge in [0.05, 0.1) is 6.54 Å². The monoisotopic (exact) mass is 169 g/mol. The smallest absolute Gasteiger partial charge is 0.152 e. The van der Waals surface area contributed by atoms with Crippen molar-refractivity contribution in [2.45, 2.75) is 39.7 Å². The Balaban J connectivity index is 2.34. The minimum atomic E-state index is -0.177. The Morgan fingerprint density at radius 3 is 2.25 bits per heavy atom. The van der Waals surface area contributed by atoms with Crippen LogP contribution in [0.5, 0.6) is 0 Å². The van der Waals surface area contributed by atoms with Gasteiger partial charge in [0.2, 0.25) is 0 Å². The van der Waals surface area contributed by atoms with Crippen molar-refractivity contribution in [3.05, 3.63) is 0 Å². The standard InChI is InChI=1S/C10H19NO/c1-10(2,3)9(12)7-11(4)8-5-6-8/h8H,5-7H2,1-4H3. The highest BCUT2D eigenvalue weighted by molar-refractivity contribution is 5.85. The average molecular weight is 169 g/mol. The predicted molar refractivity (Wildman–Crippen MR) is 50.1 cm³/mol. The Bertz CT molecular complexity index is 177. The zero-order valence-electron chi connectivity index (χ0n) is 8.55. The molecule has 0 radical (unpaired) electrons. The summed E-state index contributed by atoms with van der Waals surface area (Å²) in [5.74, 6) is 0.344. The summed E-state index contributed by atoms with van der Waals surface area (Å²) in [5, 5.41) is 0. The van der Waals surface area contributed by atoms with Gasteiger partial charge in [0.15, 0.2) is 5.78 Å². The second-order valence-corrected chi connectivity index (χ2v) is 4.82. The molecule has 1 fully saturated rings. The Labute approximate surface area is 74.9 Å². The number of rotatable bonds is 3. The minimum Gasteiger partial charge on any atom is -0.298 e. The maximum atomic E-state index is 11.6. The number of carbonyl (C=O) groups is 1. The van der Waals surface area contributed by atoms with Crippen molar-refractivity contribution in [3.8, 4) is 0 Å². The molecule has 0 N–H and O–H groups in total. The van der Waals surface area contributed by atoms with Crippen molar-refractivity contribution < 1.29 is 4.79 Å². The lowest BCUT2D eigenvalue weighted by atomic mass is 9.90. The zero-order valence-corrected chi connectivity index (χ0v) is 8.55. The quantitative estimate of drug-likeness (QED) is 0.641. The molecular weight excluding hydrogens is 150 g/mol. The molecular formula is C10H19NO. The van der Waals surface area contributed by atoms with E-state index in [9.17, 15) is 4.79 Å². The van der Waals surface area contributed by atoms with Crippen LogP contribution in [0, 0.1) is 5.41 Å². The van der Waals surface area contributed by atoms with Crippen molar-refractivity contribution in [2.24, 2.45) is 5.41 Å². The minimum absolute atomic E-state index is 0.177. The first kappa shape index (κ1) is 9.72. The predicted octanol–water partition coefficient (Wildman–Crippen LogP) is 1.70. The van der Waals surface area contributed by atoms with Crippen molar-refractivity contribution in [2.75, 3.05) is 13.6 Å². The molecule has 0 unspecified atom stereocenters. The molecule has 0 aromatic heterocycles. The highest BCUT2D eigenvalue weighted by atomic mass is 16.1. The van der Waals surface area contributed by atoms with E-state index < -0.39 is 0 Å². The van der Waals surface area contributed by atoms with Crippen molar-refractivity contribution in [3.63, 3.8) is 0 Å². The number of carbonyl (C=O) groups excluding carboxylic acids is 1. The average Bonchev–Trinajstić information content (AvgIpc) is 2.65. The molecule has 70 valence electrons. The lowest BCUT2D eigenvalue weighted by Gasteiger charge is -2.21. The fourth-order valence-electron chi connectivity index (χ4n) is 1.11. The van der Waals surface area contributed by atoms with Gasteiger partial charge in [-0.3, -0.25) is 9.69 Å². The second kappa shape index (κ2) is 3.17. The summed E-state index contributed by atoms with van der Waals surface area (Å²) in [7, 11) is 2.04. The SMILES string of the molecule is CN(CC(=O)C(C)(C)C)C1CC1. The van der Waals surface area contributed by atoms with E-state index in [-0.39, 0.29) is 5.41 Å². The van der Waals surface area contributed by atoms with Gasteiger partial charge in [0.25, 0.3) is 0 Å². The van der Waals surface area contributed by atoms with Gasteiger partial charge < -0.3 is 0 Å². The topological polar surface area (TPSA) is 20.3 Å². The number of ketones is 1. The van der Waals surface area contributed by atoms with E-state index in [1.165, 1.54) is 12.8 Å². The molecule has 1 rings (SSSR count). The highest BCUT2D eigenvalue weighted by Crippen LogP contribution is 2.26. The van der Waals surface area contributed by atoms with Crippen LogP contribution in [0.3, 0.4) is 0 Å². The molecule has 0 aromatic rings. The van der Waals surface area contributed by atoms with E-state index in [0.29, 0.717) is 18.4 Å². The molecule has 2 nitrogen and oxygen atoms in total. The summed E-state index contributed by atoms with van der Waals surface area (Å²) in [6.07, 6.45) is 2.54. The number of nitrogens with zero attached hydrogens (tertiary/aromatic N) is 1. The molecule has 0 spiro atoms. The third kappa shape index (κ3) is 2.59. The van der Waals surface area contributed by atoms with Crippen LogP contribution in [-0.2, 0) is 4.79 Å². The highest BCUT2D eigenvalue weighted by Gasteiger charge is 2.30. The molecule has 0 amide bonds. The zero-order chi connectivity index (χ0) is 9.35. The molecule has 0 aromatic carbocycles. The van der Waals surface area contributed by atoms with E-state index in [1.54, 1.807) is 0 Å². The van der Waals surface area contributed by atoms with Gasteiger partial charge in [-0.05, 0) is 19.9 Å². The number of likely N-dealkylation sites (N-methyl/N-ethyl adjacent to an activating group) is 1. The van der Waals surface area contributed by atoms with Crippen molar-refractivity contribution >= 4 is 5.78 Å². The summed E-state index contributed by atoms with van der Waals surface area (Å²) in [4.78, 5) is 13.7. The molecule has 0 heterocycles. The van der Waals surface area contributed by atoms with Gasteiger partial charge in [-0.2, -0.15) is 0 Å². The maximum absolute atomic E-state index is 11.6. The number of Topliss-reactive ketones (excluding diaryl/α,β-unsaturated/α-hetero) is 1. The third-order valence-electron chi connectivity index (χ3n) is 2.40. The molecule has 0 bridgehead atoms. The van der Waals surface area contributed by atoms with Crippen molar-refractivity contribution in [1.29, 1.82) is 0 Å². The molecule has 0 aliphatic heterocycles. The molecule has 0 saturated heterocycles. The normalized spacial score (nSPS) is 18.4. The van der Waals surface area contributed by atoms with Gasteiger partial charge in [-0.15, -0.1) is 0 Å². The summed E-state index contributed by atoms with van der Waals surface area (Å²) >= 11 is 0. The van der Waals surface area contributed by atoms with E-state index >= 15 is 0 Å². The van der Waals surface area contributed by atoms with Crippen LogP contribution >= 0.6 is 0 Å². The van der Waals surface area contributed by atoms with E-state index in [4.69, 9.17) is 0 Å². The van der Waals surface area contributed by atoms with Crippen LogP contribution in [0.4, 0.5) is 0 Å². The first-order valence-corrected chi connectivity index (χ1v) is 4.65. The fourth-order valence-corrected chi connectivity index (χ4v) is 1.11. The lowest BCUT2D eigenvalue weighted by Crippen LogP contribution is -2.34. The van der Waals surface area contributed by atoms with Gasteiger partial charge in [0, 0.05) is 11.5 Å². The largest absolute Gasteiger partial charge is 0.298 e. The van der Waals surface area contributed by atoms with Gasteiger partial charge in [-0.1, -0.05) is 20.8 Å². The van der Waals surface area contributed by atoms with Crippen LogP contribution in [0.15, 0.2) is 0 Å². The molecule has 1 aliphatic rings. The third-order valence-corrected chi connectivity index (χ3v) is 2.40. The first-order valence-electron chi connectivity index (χ1n) is 4.65. The van der Waals surface area contributed by atoms with Gasteiger partial charge in [-0.25, -0.2) is 0 Å². The summed E-state index contributed by atoms with van der Waals surface area (Å²) in [5.41, 5.74) is -0.177. The second-order valence-electron chi connectivity index (χ2n) is 4.82. The van der Waals surface area contributed by atoms with Gasteiger partial charge in [0.1, 0.15) is 0 Å². The lowest BCUT2D eigenvalue weighted by molar-refractivity contribution is -0.127. The summed E-state index contributed by atoms with van der Waals surface area (Å²) in [6.45, 7) is 6.57.